The van der Waals surface area contributed by atoms with Crippen molar-refractivity contribution in [3.8, 4) is 5.75 Å². The quantitative estimate of drug-likeness (QED) is 0.565. The van der Waals surface area contributed by atoms with Gasteiger partial charge in [-0.2, -0.15) is 0 Å². The maximum atomic E-state index is 8.91. The lowest BCUT2D eigenvalue weighted by atomic mass is 9.87. The molecule has 15 heavy (non-hydrogen) atoms. The molecule has 0 fully saturated rings. The van der Waals surface area contributed by atoms with E-state index in [-0.39, 0.29) is 0 Å². The molecule has 0 spiro atoms. The number of oxime groups is 1. The fourth-order valence-corrected chi connectivity index (χ4v) is 2.22. The summed E-state index contributed by atoms with van der Waals surface area (Å²) in [5.41, 5.74) is 4.29. The Morgan fingerprint density at radius 2 is 2.13 bits per heavy atom. The lowest BCUT2D eigenvalue weighted by Crippen LogP contribution is -2.13. The zero-order valence-electron chi connectivity index (χ0n) is 9.08. The summed E-state index contributed by atoms with van der Waals surface area (Å²) in [7, 11) is 1.68. The van der Waals surface area contributed by atoms with E-state index in [1.807, 2.05) is 12.1 Å². The molecule has 3 nitrogen and oxygen atoms in total. The van der Waals surface area contributed by atoms with Gasteiger partial charge in [-0.3, -0.25) is 0 Å². The summed E-state index contributed by atoms with van der Waals surface area (Å²) >= 11 is 0. The molecule has 0 heterocycles. The lowest BCUT2D eigenvalue weighted by Gasteiger charge is -2.20. The van der Waals surface area contributed by atoms with Crippen LogP contribution in [0.25, 0.3) is 0 Å². The third-order valence-corrected chi connectivity index (χ3v) is 3.04. The third-order valence-electron chi connectivity index (χ3n) is 3.04. The molecule has 1 aliphatic rings. The summed E-state index contributed by atoms with van der Waals surface area (Å²) in [6.45, 7) is 2.05. The van der Waals surface area contributed by atoms with Crippen molar-refractivity contribution in [2.24, 2.45) is 5.16 Å². The second kappa shape index (κ2) is 3.93. The largest absolute Gasteiger partial charge is 0.496 e. The van der Waals surface area contributed by atoms with E-state index in [1.54, 1.807) is 7.11 Å². The number of nitrogens with zero attached hydrogens (tertiary/aromatic N) is 1. The maximum Gasteiger partial charge on any atom is 0.122 e. The van der Waals surface area contributed by atoms with E-state index in [0.717, 1.165) is 41.9 Å². The predicted molar refractivity (Wildman–Crippen MR) is 59.0 cm³/mol. The first-order chi connectivity index (χ1) is 7.27. The van der Waals surface area contributed by atoms with Crippen LogP contribution in [-0.4, -0.2) is 18.0 Å². The summed E-state index contributed by atoms with van der Waals surface area (Å²) in [6, 6.07) is 3.92. The highest BCUT2D eigenvalue weighted by atomic mass is 16.5. The molecular formula is C12H15NO2. The van der Waals surface area contributed by atoms with Gasteiger partial charge >= 0.3 is 0 Å². The zero-order chi connectivity index (χ0) is 10.8. The molecule has 0 saturated heterocycles. The molecule has 1 aromatic rings. The maximum absolute atomic E-state index is 8.91. The van der Waals surface area contributed by atoms with E-state index >= 15 is 0 Å². The Labute approximate surface area is 89.4 Å². The standard InChI is InChI=1S/C12H15NO2/c1-8-9-4-3-5-11(13-14)10(9)6-7-12(8)15-2/h6-7,14H,3-5H2,1-2H3/b13-11-. The molecule has 1 aliphatic carbocycles. The zero-order valence-corrected chi connectivity index (χ0v) is 9.08. The molecule has 0 radical (unpaired) electrons. The van der Waals surface area contributed by atoms with Crippen molar-refractivity contribution in [1.29, 1.82) is 0 Å². The molecule has 0 saturated carbocycles. The van der Waals surface area contributed by atoms with E-state index in [0.29, 0.717) is 0 Å². The van der Waals surface area contributed by atoms with Crippen molar-refractivity contribution in [1.82, 2.24) is 0 Å². The first kappa shape index (κ1) is 10.0. The number of hydrogen-bond acceptors (Lipinski definition) is 3. The van der Waals surface area contributed by atoms with Crippen LogP contribution in [-0.2, 0) is 6.42 Å². The van der Waals surface area contributed by atoms with E-state index in [1.165, 1.54) is 5.56 Å². The summed E-state index contributed by atoms with van der Waals surface area (Å²) in [6.07, 6.45) is 2.94. The molecule has 0 bridgehead atoms. The average molecular weight is 205 g/mol. The fraction of sp³-hybridized carbons (Fsp3) is 0.417. The highest BCUT2D eigenvalue weighted by Crippen LogP contribution is 2.30. The lowest BCUT2D eigenvalue weighted by molar-refractivity contribution is 0.317. The molecule has 2 rings (SSSR count). The van der Waals surface area contributed by atoms with Crippen LogP contribution in [0, 0.1) is 6.92 Å². The smallest absolute Gasteiger partial charge is 0.122 e. The number of hydrogen-bond donors (Lipinski definition) is 1. The Balaban J connectivity index is 2.57. The van der Waals surface area contributed by atoms with Crippen LogP contribution in [0.1, 0.15) is 29.5 Å². The van der Waals surface area contributed by atoms with Crippen molar-refractivity contribution in [3.63, 3.8) is 0 Å². The Morgan fingerprint density at radius 3 is 2.80 bits per heavy atom. The van der Waals surface area contributed by atoms with E-state index in [9.17, 15) is 0 Å². The SMILES string of the molecule is COc1ccc2c(c1C)CCC/C2=N/O. The molecule has 1 aromatic carbocycles. The topological polar surface area (TPSA) is 41.8 Å². The number of ether oxygens (including phenoxy) is 1. The molecule has 1 N–H and O–H groups in total. The Bertz CT molecular complexity index is 410. The molecule has 0 unspecified atom stereocenters. The minimum atomic E-state index is 0.794. The van der Waals surface area contributed by atoms with Crippen molar-refractivity contribution >= 4 is 5.71 Å². The van der Waals surface area contributed by atoms with Gasteiger partial charge in [-0.05, 0) is 49.4 Å². The Kier molecular flexibility index (Phi) is 2.62. The molecule has 0 atom stereocenters. The van der Waals surface area contributed by atoms with Crippen molar-refractivity contribution in [2.75, 3.05) is 7.11 Å². The van der Waals surface area contributed by atoms with Gasteiger partial charge in [0.25, 0.3) is 0 Å². The molecule has 0 aromatic heterocycles. The van der Waals surface area contributed by atoms with Gasteiger partial charge in [0, 0.05) is 5.56 Å². The number of rotatable bonds is 1. The van der Waals surface area contributed by atoms with Gasteiger partial charge in [0.05, 0.1) is 12.8 Å². The van der Waals surface area contributed by atoms with Crippen molar-refractivity contribution < 1.29 is 9.94 Å². The molecule has 80 valence electrons. The van der Waals surface area contributed by atoms with Crippen LogP contribution in [0.3, 0.4) is 0 Å². The van der Waals surface area contributed by atoms with Gasteiger partial charge < -0.3 is 9.94 Å². The second-order valence-corrected chi connectivity index (χ2v) is 3.82. The minimum absolute atomic E-state index is 0.794. The highest BCUT2D eigenvalue weighted by molar-refractivity contribution is 6.02. The summed E-state index contributed by atoms with van der Waals surface area (Å²) in [4.78, 5) is 0. The number of benzene rings is 1. The van der Waals surface area contributed by atoms with E-state index < -0.39 is 0 Å². The van der Waals surface area contributed by atoms with Gasteiger partial charge in [-0.25, -0.2) is 0 Å². The summed E-state index contributed by atoms with van der Waals surface area (Å²) in [5.74, 6) is 0.910. The monoisotopic (exact) mass is 205 g/mol. The van der Waals surface area contributed by atoms with Gasteiger partial charge in [0.15, 0.2) is 0 Å². The molecule has 3 heteroatoms. The fourth-order valence-electron chi connectivity index (χ4n) is 2.22. The van der Waals surface area contributed by atoms with Crippen LogP contribution in [0.2, 0.25) is 0 Å². The summed E-state index contributed by atoms with van der Waals surface area (Å²) in [5, 5.41) is 12.3. The molecule has 0 amide bonds. The Morgan fingerprint density at radius 1 is 1.33 bits per heavy atom. The van der Waals surface area contributed by atoms with Crippen molar-refractivity contribution in [2.45, 2.75) is 26.2 Å². The van der Waals surface area contributed by atoms with Crippen LogP contribution in [0.4, 0.5) is 0 Å². The summed E-state index contributed by atoms with van der Waals surface area (Å²) < 4.78 is 5.28. The predicted octanol–water partition coefficient (Wildman–Crippen LogP) is 2.52. The van der Waals surface area contributed by atoms with Gasteiger partial charge in [0.2, 0.25) is 0 Å². The van der Waals surface area contributed by atoms with Crippen LogP contribution < -0.4 is 4.74 Å². The van der Waals surface area contributed by atoms with E-state index in [4.69, 9.17) is 9.94 Å². The first-order valence-electron chi connectivity index (χ1n) is 5.15. The second-order valence-electron chi connectivity index (χ2n) is 3.82. The molecular weight excluding hydrogens is 190 g/mol. The number of methoxy groups -OCH3 is 1. The van der Waals surface area contributed by atoms with Gasteiger partial charge in [-0.15, -0.1) is 0 Å². The van der Waals surface area contributed by atoms with Crippen molar-refractivity contribution in [3.05, 3.63) is 28.8 Å². The normalized spacial score (nSPS) is 17.6. The number of fused-ring (bicyclic) bond motifs is 1. The van der Waals surface area contributed by atoms with Gasteiger partial charge in [0.1, 0.15) is 5.75 Å². The average Bonchev–Trinajstić information content (AvgIpc) is 2.29. The van der Waals surface area contributed by atoms with Crippen LogP contribution >= 0.6 is 0 Å². The first-order valence-corrected chi connectivity index (χ1v) is 5.15. The Hall–Kier alpha value is -1.51. The van der Waals surface area contributed by atoms with Gasteiger partial charge in [-0.1, -0.05) is 5.16 Å². The molecule has 0 aliphatic heterocycles. The van der Waals surface area contributed by atoms with Crippen LogP contribution in [0.15, 0.2) is 17.3 Å². The third kappa shape index (κ3) is 1.58. The van der Waals surface area contributed by atoms with E-state index in [2.05, 4.69) is 12.1 Å². The minimum Gasteiger partial charge on any atom is -0.496 e. The highest BCUT2D eigenvalue weighted by Gasteiger charge is 2.19. The van der Waals surface area contributed by atoms with Crippen LogP contribution in [0.5, 0.6) is 5.75 Å².